The minimum Gasteiger partial charge on any atom is -0.444 e. The first-order valence-electron chi connectivity index (χ1n) is 8.23. The van der Waals surface area contributed by atoms with Gasteiger partial charge in [-0.25, -0.2) is 4.79 Å². The number of ketones is 1. The minimum atomic E-state index is -0.489. The average molecular weight is 316 g/mol. The van der Waals surface area contributed by atoms with E-state index in [0.717, 1.165) is 12.1 Å². The van der Waals surface area contributed by atoms with Gasteiger partial charge >= 0.3 is 6.09 Å². The summed E-state index contributed by atoms with van der Waals surface area (Å²) in [7, 11) is 0. The van der Waals surface area contributed by atoms with Crippen molar-refractivity contribution >= 4 is 11.9 Å². The number of nitrogens with zero attached hydrogens (tertiary/aromatic N) is 2. The summed E-state index contributed by atoms with van der Waals surface area (Å²) in [4.78, 5) is 30.9. The van der Waals surface area contributed by atoms with E-state index in [2.05, 4.69) is 11.1 Å². The first kappa shape index (κ1) is 16.0. The van der Waals surface area contributed by atoms with Crippen molar-refractivity contribution < 1.29 is 14.3 Å². The number of hydrogen-bond acceptors (Lipinski definition) is 4. The average Bonchev–Trinajstić information content (AvgIpc) is 2.47. The number of piperidine rings is 1. The smallest absolute Gasteiger partial charge is 0.410 e. The van der Waals surface area contributed by atoms with Gasteiger partial charge in [0, 0.05) is 31.1 Å². The fraction of sp³-hybridized carbons (Fsp3) is 0.611. The highest BCUT2D eigenvalue weighted by Gasteiger charge is 2.45. The van der Waals surface area contributed by atoms with Gasteiger partial charge in [-0.05, 0) is 51.7 Å². The third-order valence-corrected chi connectivity index (χ3v) is 4.81. The Balaban J connectivity index is 1.69. The third-order valence-electron chi connectivity index (χ3n) is 4.81. The molecule has 1 aromatic heterocycles. The van der Waals surface area contributed by atoms with Crippen molar-refractivity contribution in [2.45, 2.75) is 52.1 Å². The van der Waals surface area contributed by atoms with E-state index in [-0.39, 0.29) is 17.3 Å². The van der Waals surface area contributed by atoms with Crippen LogP contribution in [0.1, 0.15) is 44.9 Å². The Bertz CT molecular complexity index is 625. The summed E-state index contributed by atoms with van der Waals surface area (Å²) in [5, 5.41) is 0. The van der Waals surface area contributed by atoms with Crippen LogP contribution >= 0.6 is 0 Å². The van der Waals surface area contributed by atoms with Crippen LogP contribution in [-0.4, -0.2) is 40.5 Å². The Morgan fingerprint density at radius 3 is 2.65 bits per heavy atom. The topological polar surface area (TPSA) is 59.5 Å². The molecule has 0 unspecified atom stereocenters. The second kappa shape index (κ2) is 5.62. The summed E-state index contributed by atoms with van der Waals surface area (Å²) in [6.45, 7) is 6.76. The molecule has 1 spiro atoms. The van der Waals surface area contributed by atoms with Crippen LogP contribution in [0.4, 0.5) is 4.79 Å². The zero-order chi connectivity index (χ0) is 16.7. The van der Waals surface area contributed by atoms with Crippen LogP contribution in [0.3, 0.4) is 0 Å². The summed E-state index contributed by atoms with van der Waals surface area (Å²) < 4.78 is 5.43. The zero-order valence-corrected chi connectivity index (χ0v) is 14.1. The summed E-state index contributed by atoms with van der Waals surface area (Å²) in [5.41, 5.74) is 1.28. The fourth-order valence-electron chi connectivity index (χ4n) is 3.49. The standard InChI is InChI=1S/C18H24N2O3/c1-17(2,3)23-16(22)20-9-6-18(7-10-20)12-13-5-4-8-19-14(13)11-15(18)21/h4-5,8H,6-7,9-12H2,1-3H3. The van der Waals surface area contributed by atoms with Crippen molar-refractivity contribution in [2.24, 2.45) is 5.41 Å². The van der Waals surface area contributed by atoms with Gasteiger partial charge in [0.2, 0.25) is 0 Å². The Morgan fingerprint density at radius 2 is 2.00 bits per heavy atom. The second-order valence-electron chi connectivity index (χ2n) is 7.63. The van der Waals surface area contributed by atoms with Crippen LogP contribution in [0.25, 0.3) is 0 Å². The van der Waals surface area contributed by atoms with E-state index in [0.29, 0.717) is 32.4 Å². The molecule has 2 aliphatic rings. The maximum atomic E-state index is 12.7. The van der Waals surface area contributed by atoms with Crippen LogP contribution < -0.4 is 0 Å². The maximum Gasteiger partial charge on any atom is 0.410 e. The fourth-order valence-corrected chi connectivity index (χ4v) is 3.49. The van der Waals surface area contributed by atoms with Crippen molar-refractivity contribution in [3.8, 4) is 0 Å². The van der Waals surface area contributed by atoms with E-state index >= 15 is 0 Å². The second-order valence-corrected chi connectivity index (χ2v) is 7.63. The first-order valence-corrected chi connectivity index (χ1v) is 8.23. The van der Waals surface area contributed by atoms with Gasteiger partial charge in [-0.1, -0.05) is 6.07 Å². The van der Waals surface area contributed by atoms with Crippen molar-refractivity contribution in [1.29, 1.82) is 0 Å². The number of aromatic nitrogens is 1. The molecule has 0 bridgehead atoms. The third kappa shape index (κ3) is 3.23. The van der Waals surface area contributed by atoms with Gasteiger partial charge in [-0.2, -0.15) is 0 Å². The molecule has 5 nitrogen and oxygen atoms in total. The normalized spacial score (nSPS) is 20.3. The van der Waals surface area contributed by atoms with Crippen LogP contribution in [0.5, 0.6) is 0 Å². The molecular formula is C18H24N2O3. The Kier molecular flexibility index (Phi) is 3.90. The van der Waals surface area contributed by atoms with E-state index < -0.39 is 5.60 Å². The molecule has 1 aliphatic heterocycles. The minimum absolute atomic E-state index is 0.271. The predicted molar refractivity (Wildman–Crippen MR) is 86.1 cm³/mol. The van der Waals surface area contributed by atoms with Crippen LogP contribution in [0.15, 0.2) is 18.3 Å². The molecule has 0 radical (unpaired) electrons. The number of ether oxygens (including phenoxy) is 1. The summed E-state index contributed by atoms with van der Waals surface area (Å²) >= 11 is 0. The van der Waals surface area contributed by atoms with E-state index in [1.165, 1.54) is 5.56 Å². The van der Waals surface area contributed by atoms with E-state index in [1.807, 2.05) is 26.8 Å². The summed E-state index contributed by atoms with van der Waals surface area (Å²) in [5.74, 6) is 0.271. The largest absolute Gasteiger partial charge is 0.444 e. The van der Waals surface area contributed by atoms with Crippen LogP contribution in [0.2, 0.25) is 0 Å². The number of pyridine rings is 1. The number of hydrogen-bond donors (Lipinski definition) is 0. The lowest BCUT2D eigenvalue weighted by Crippen LogP contribution is -2.50. The molecule has 124 valence electrons. The van der Waals surface area contributed by atoms with Crippen molar-refractivity contribution in [2.75, 3.05) is 13.1 Å². The molecule has 0 aromatic carbocycles. The molecule has 5 heteroatoms. The highest BCUT2D eigenvalue weighted by atomic mass is 16.6. The number of rotatable bonds is 0. The maximum absolute atomic E-state index is 12.7. The highest BCUT2D eigenvalue weighted by Crippen LogP contribution is 2.40. The van der Waals surface area contributed by atoms with E-state index in [1.54, 1.807) is 11.1 Å². The van der Waals surface area contributed by atoms with E-state index in [4.69, 9.17) is 4.74 Å². The van der Waals surface area contributed by atoms with Gasteiger partial charge in [0.1, 0.15) is 11.4 Å². The van der Waals surface area contributed by atoms with Crippen molar-refractivity contribution in [3.05, 3.63) is 29.6 Å². The zero-order valence-electron chi connectivity index (χ0n) is 14.1. The molecule has 1 amide bonds. The molecule has 1 aliphatic carbocycles. The van der Waals surface area contributed by atoms with Crippen LogP contribution in [-0.2, 0) is 22.4 Å². The van der Waals surface area contributed by atoms with Crippen LogP contribution in [0, 0.1) is 5.41 Å². The molecule has 1 saturated heterocycles. The lowest BCUT2D eigenvalue weighted by molar-refractivity contribution is -0.131. The predicted octanol–water partition coefficient (Wildman–Crippen LogP) is 2.77. The van der Waals surface area contributed by atoms with Crippen molar-refractivity contribution in [1.82, 2.24) is 9.88 Å². The molecule has 3 rings (SSSR count). The number of likely N-dealkylation sites (tertiary alicyclic amines) is 1. The lowest BCUT2D eigenvalue weighted by Gasteiger charge is -2.43. The summed E-state index contributed by atoms with van der Waals surface area (Å²) in [6.07, 6.45) is 4.05. The molecule has 0 atom stereocenters. The Hall–Kier alpha value is -1.91. The van der Waals surface area contributed by atoms with Gasteiger partial charge in [-0.3, -0.25) is 9.78 Å². The van der Waals surface area contributed by atoms with Gasteiger partial charge in [0.15, 0.2) is 0 Å². The summed E-state index contributed by atoms with van der Waals surface area (Å²) in [6, 6.07) is 3.99. The van der Waals surface area contributed by atoms with Gasteiger partial charge < -0.3 is 9.64 Å². The molecule has 2 heterocycles. The van der Waals surface area contributed by atoms with Gasteiger partial charge in [0.25, 0.3) is 0 Å². The quantitative estimate of drug-likeness (QED) is 0.738. The van der Waals surface area contributed by atoms with Gasteiger partial charge in [-0.15, -0.1) is 0 Å². The number of fused-ring (bicyclic) bond motifs is 1. The molecule has 1 fully saturated rings. The molecule has 0 saturated carbocycles. The Morgan fingerprint density at radius 1 is 1.30 bits per heavy atom. The molecule has 0 N–H and O–H groups in total. The first-order chi connectivity index (χ1) is 10.8. The Labute approximate surface area is 137 Å². The molecule has 23 heavy (non-hydrogen) atoms. The SMILES string of the molecule is CC(C)(C)OC(=O)N1CCC2(CC1)Cc1cccnc1CC2=O. The lowest BCUT2D eigenvalue weighted by atomic mass is 9.66. The highest BCUT2D eigenvalue weighted by molar-refractivity contribution is 5.89. The molecular weight excluding hydrogens is 292 g/mol. The molecule has 1 aromatic rings. The number of Topliss-reactive ketones (excluding diaryl/α,β-unsaturated/α-hetero) is 1. The number of carbonyl (C=O) groups excluding carboxylic acids is 2. The van der Waals surface area contributed by atoms with E-state index in [9.17, 15) is 9.59 Å². The monoisotopic (exact) mass is 316 g/mol. The number of amides is 1. The van der Waals surface area contributed by atoms with Gasteiger partial charge in [0.05, 0.1) is 5.69 Å². The number of carbonyl (C=O) groups is 2. The van der Waals surface area contributed by atoms with Crippen molar-refractivity contribution in [3.63, 3.8) is 0 Å².